The van der Waals surface area contributed by atoms with Crippen LogP contribution in [-0.2, 0) is 0 Å². The number of hydrogen-bond donors (Lipinski definition) is 0. The molecule has 2 rings (SSSR count). The molecule has 1 atom stereocenters. The average Bonchev–Trinajstić information content (AvgIpc) is 2.54. The maximum Gasteiger partial charge on any atom is 0.260 e. The molecule has 2 nitrogen and oxygen atoms in total. The van der Waals surface area contributed by atoms with Crippen LogP contribution in [0.4, 0.5) is 14.5 Å². The molecule has 1 fully saturated rings. The first-order valence-electron chi connectivity index (χ1n) is 8.90. The molecule has 1 aromatic rings. The fourth-order valence-electron chi connectivity index (χ4n) is 3.19. The van der Waals surface area contributed by atoms with Crippen LogP contribution < -0.4 is 4.90 Å². The van der Waals surface area contributed by atoms with E-state index < -0.39 is 5.92 Å². The minimum Gasteiger partial charge on any atom is -0.369 e. The third-order valence-electron chi connectivity index (χ3n) is 4.88. The van der Waals surface area contributed by atoms with Crippen LogP contribution in [0.25, 0.3) is 0 Å². The van der Waals surface area contributed by atoms with Crippen LogP contribution >= 0.6 is 0 Å². The highest BCUT2D eigenvalue weighted by Crippen LogP contribution is 2.25. The highest BCUT2D eigenvalue weighted by molar-refractivity contribution is 5.48. The molecule has 1 aromatic carbocycles. The standard InChI is InChI=1S/C19H30F2N2/c1-4-10-19(20,21)15-22-11-13-23(14-12-22)18-8-6-17(7-9-18)16(3)5-2/h6-9,16H,4-5,10-15H2,1-3H3. The molecule has 0 radical (unpaired) electrons. The van der Waals surface area contributed by atoms with Gasteiger partial charge in [0.1, 0.15) is 0 Å². The van der Waals surface area contributed by atoms with Crippen LogP contribution in [0.1, 0.15) is 51.5 Å². The molecule has 1 heterocycles. The number of anilines is 1. The van der Waals surface area contributed by atoms with Crippen molar-refractivity contribution in [1.29, 1.82) is 0 Å². The summed E-state index contributed by atoms with van der Waals surface area (Å²) in [5.74, 6) is -1.96. The first-order chi connectivity index (χ1) is 10.9. The summed E-state index contributed by atoms with van der Waals surface area (Å²) in [5, 5.41) is 0. The van der Waals surface area contributed by atoms with E-state index in [2.05, 4.69) is 43.0 Å². The molecular formula is C19H30F2N2. The zero-order chi connectivity index (χ0) is 16.9. The van der Waals surface area contributed by atoms with Crippen molar-refractivity contribution < 1.29 is 8.78 Å². The van der Waals surface area contributed by atoms with E-state index in [1.165, 1.54) is 11.3 Å². The maximum atomic E-state index is 13.7. The lowest BCUT2D eigenvalue weighted by molar-refractivity contribution is -0.0406. The summed E-state index contributed by atoms with van der Waals surface area (Å²) in [5.41, 5.74) is 2.58. The lowest BCUT2D eigenvalue weighted by Gasteiger charge is -2.37. The van der Waals surface area contributed by atoms with E-state index in [9.17, 15) is 8.78 Å². The van der Waals surface area contributed by atoms with Crippen molar-refractivity contribution >= 4 is 5.69 Å². The van der Waals surface area contributed by atoms with Crippen molar-refractivity contribution in [2.75, 3.05) is 37.6 Å². The lowest BCUT2D eigenvalue weighted by Crippen LogP contribution is -2.50. The molecule has 130 valence electrons. The Morgan fingerprint density at radius 2 is 1.65 bits per heavy atom. The highest BCUT2D eigenvalue weighted by Gasteiger charge is 2.31. The zero-order valence-electron chi connectivity index (χ0n) is 14.7. The Morgan fingerprint density at radius 3 is 2.17 bits per heavy atom. The Morgan fingerprint density at radius 1 is 1.04 bits per heavy atom. The minimum atomic E-state index is -2.55. The Bertz CT molecular complexity index is 465. The van der Waals surface area contributed by atoms with Crippen LogP contribution in [0.3, 0.4) is 0 Å². The van der Waals surface area contributed by atoms with Gasteiger partial charge in [0, 0.05) is 38.3 Å². The van der Waals surface area contributed by atoms with Crippen molar-refractivity contribution in [3.8, 4) is 0 Å². The number of nitrogens with zero attached hydrogens (tertiary/aromatic N) is 2. The third kappa shape index (κ3) is 5.17. The molecular weight excluding hydrogens is 294 g/mol. The molecule has 23 heavy (non-hydrogen) atoms. The summed E-state index contributed by atoms with van der Waals surface area (Å²) in [6.07, 6.45) is 1.67. The predicted octanol–water partition coefficient (Wildman–Crippen LogP) is 4.76. The Labute approximate surface area is 139 Å². The number of piperazine rings is 1. The number of benzene rings is 1. The summed E-state index contributed by atoms with van der Waals surface area (Å²) in [7, 11) is 0. The lowest BCUT2D eigenvalue weighted by atomic mass is 9.98. The van der Waals surface area contributed by atoms with E-state index in [0.29, 0.717) is 25.4 Å². The van der Waals surface area contributed by atoms with Gasteiger partial charge in [-0.25, -0.2) is 8.78 Å². The molecule has 0 aliphatic carbocycles. The molecule has 0 N–H and O–H groups in total. The summed E-state index contributed by atoms with van der Waals surface area (Å²) in [4.78, 5) is 4.20. The minimum absolute atomic E-state index is 0.00963. The van der Waals surface area contributed by atoms with Gasteiger partial charge in [0.15, 0.2) is 0 Å². The van der Waals surface area contributed by atoms with Gasteiger partial charge in [0.05, 0.1) is 6.54 Å². The highest BCUT2D eigenvalue weighted by atomic mass is 19.3. The molecule has 0 bridgehead atoms. The first kappa shape index (κ1) is 18.2. The van der Waals surface area contributed by atoms with E-state index in [1.807, 2.05) is 11.8 Å². The summed E-state index contributed by atoms with van der Waals surface area (Å²) >= 11 is 0. The van der Waals surface area contributed by atoms with E-state index in [1.54, 1.807) is 0 Å². The molecule has 4 heteroatoms. The van der Waals surface area contributed by atoms with Crippen LogP contribution in [0.2, 0.25) is 0 Å². The molecule has 1 saturated heterocycles. The number of hydrogen-bond acceptors (Lipinski definition) is 2. The van der Waals surface area contributed by atoms with Gasteiger partial charge in [-0.2, -0.15) is 0 Å². The quantitative estimate of drug-likeness (QED) is 0.713. The second kappa shape index (κ2) is 8.09. The molecule has 1 aliphatic heterocycles. The summed E-state index contributed by atoms with van der Waals surface area (Å²) < 4.78 is 27.5. The number of rotatable bonds is 7. The van der Waals surface area contributed by atoms with Crippen molar-refractivity contribution in [3.63, 3.8) is 0 Å². The average molecular weight is 324 g/mol. The second-order valence-corrected chi connectivity index (χ2v) is 6.77. The molecule has 0 amide bonds. The van der Waals surface area contributed by atoms with Gasteiger partial charge in [-0.3, -0.25) is 4.90 Å². The maximum absolute atomic E-state index is 13.7. The molecule has 0 saturated carbocycles. The number of alkyl halides is 2. The smallest absolute Gasteiger partial charge is 0.260 e. The van der Waals surface area contributed by atoms with Crippen LogP contribution in [0, 0.1) is 0 Å². The normalized spacial score (nSPS) is 18.2. The fourth-order valence-corrected chi connectivity index (χ4v) is 3.19. The van der Waals surface area contributed by atoms with Crippen molar-refractivity contribution in [1.82, 2.24) is 4.90 Å². The summed E-state index contributed by atoms with van der Waals surface area (Å²) in [6.45, 7) is 9.24. The van der Waals surface area contributed by atoms with E-state index >= 15 is 0 Å². The Hall–Kier alpha value is -1.16. The van der Waals surface area contributed by atoms with Gasteiger partial charge in [-0.1, -0.05) is 39.3 Å². The summed E-state index contributed by atoms with van der Waals surface area (Å²) in [6, 6.07) is 8.74. The van der Waals surface area contributed by atoms with Gasteiger partial charge in [-0.05, 0) is 30.0 Å². The number of halogens is 2. The van der Waals surface area contributed by atoms with E-state index in [4.69, 9.17) is 0 Å². The van der Waals surface area contributed by atoms with Crippen LogP contribution in [0.15, 0.2) is 24.3 Å². The van der Waals surface area contributed by atoms with Gasteiger partial charge in [0.25, 0.3) is 5.92 Å². The van der Waals surface area contributed by atoms with Crippen molar-refractivity contribution in [3.05, 3.63) is 29.8 Å². The van der Waals surface area contributed by atoms with E-state index in [-0.39, 0.29) is 13.0 Å². The van der Waals surface area contributed by atoms with Gasteiger partial charge in [-0.15, -0.1) is 0 Å². The molecule has 1 unspecified atom stereocenters. The largest absolute Gasteiger partial charge is 0.369 e. The second-order valence-electron chi connectivity index (χ2n) is 6.77. The molecule has 0 spiro atoms. The fraction of sp³-hybridized carbons (Fsp3) is 0.684. The van der Waals surface area contributed by atoms with Crippen LogP contribution in [-0.4, -0.2) is 43.5 Å². The monoisotopic (exact) mass is 324 g/mol. The van der Waals surface area contributed by atoms with E-state index in [0.717, 1.165) is 19.5 Å². The third-order valence-corrected chi connectivity index (χ3v) is 4.88. The first-order valence-corrected chi connectivity index (χ1v) is 8.90. The topological polar surface area (TPSA) is 6.48 Å². The Balaban J connectivity index is 1.87. The predicted molar refractivity (Wildman–Crippen MR) is 93.7 cm³/mol. The molecule has 1 aliphatic rings. The SMILES string of the molecule is CCCC(F)(F)CN1CCN(c2ccc(C(C)CC)cc2)CC1. The van der Waals surface area contributed by atoms with Gasteiger partial charge >= 0.3 is 0 Å². The zero-order valence-corrected chi connectivity index (χ0v) is 14.7. The van der Waals surface area contributed by atoms with Crippen LogP contribution in [0.5, 0.6) is 0 Å². The Kier molecular flexibility index (Phi) is 6.40. The van der Waals surface area contributed by atoms with Gasteiger partial charge in [0.2, 0.25) is 0 Å². The molecule has 0 aromatic heterocycles. The van der Waals surface area contributed by atoms with Gasteiger partial charge < -0.3 is 4.90 Å². The van der Waals surface area contributed by atoms with Crippen molar-refractivity contribution in [2.24, 2.45) is 0 Å². The van der Waals surface area contributed by atoms with Crippen molar-refractivity contribution in [2.45, 2.75) is 51.9 Å².